The molecule has 3 aromatic rings. The van der Waals surface area contributed by atoms with Crippen LogP contribution in [-0.4, -0.2) is 70.0 Å². The van der Waals surface area contributed by atoms with Crippen LogP contribution in [0.25, 0.3) is 22.6 Å². The third kappa shape index (κ3) is 3.53. The molecule has 5 rings (SSSR count). The van der Waals surface area contributed by atoms with Crippen LogP contribution in [0.5, 0.6) is 0 Å². The predicted octanol–water partition coefficient (Wildman–Crippen LogP) is 1.49. The minimum atomic E-state index is -0.979. The standard InChI is InChI=1S/C21H24N8O3/c1-3-28-18(13-7-22-11(2)23-8-13)27-16-17(24-10-25-19(16)28)26-14-6-15(21(31)32)29(9-14)20(30)12-4-5-12/h7-8,10,12,14-15H,3-6,9H2,1-2H3,(H,31,32)(H,24,25,26)/t14?,15-/m1/s1. The SMILES string of the molecule is CCn1c(-c2cnc(C)nc2)nc2c(NC3C[C@H](C(=O)O)N(C(=O)C4CC4)C3)ncnc21. The average molecular weight is 436 g/mol. The van der Waals surface area contributed by atoms with Crippen molar-refractivity contribution < 1.29 is 14.7 Å². The summed E-state index contributed by atoms with van der Waals surface area (Å²) in [7, 11) is 0. The molecule has 11 heteroatoms. The molecular formula is C21H24N8O3. The van der Waals surface area contributed by atoms with Crippen molar-refractivity contribution in [2.75, 3.05) is 11.9 Å². The molecule has 1 saturated carbocycles. The number of hydrogen-bond acceptors (Lipinski definition) is 8. The second-order valence-corrected chi connectivity index (χ2v) is 8.29. The summed E-state index contributed by atoms with van der Waals surface area (Å²) in [6, 6.07) is -1.07. The van der Waals surface area contributed by atoms with Gasteiger partial charge in [0.2, 0.25) is 5.91 Å². The number of aromatic nitrogens is 6. The van der Waals surface area contributed by atoms with Crippen LogP contribution in [0.2, 0.25) is 0 Å². The van der Waals surface area contributed by atoms with Crippen molar-refractivity contribution in [1.82, 2.24) is 34.4 Å². The summed E-state index contributed by atoms with van der Waals surface area (Å²) in [6.45, 7) is 4.79. The summed E-state index contributed by atoms with van der Waals surface area (Å²) in [6.07, 6.45) is 6.91. The van der Waals surface area contributed by atoms with E-state index in [0.29, 0.717) is 48.1 Å². The molecule has 166 valence electrons. The minimum absolute atomic E-state index is 0.0269. The Bertz CT molecular complexity index is 1190. The lowest BCUT2D eigenvalue weighted by Gasteiger charge is -2.21. The molecule has 11 nitrogen and oxygen atoms in total. The number of hydrogen-bond donors (Lipinski definition) is 2. The van der Waals surface area contributed by atoms with Gasteiger partial charge in [-0.1, -0.05) is 0 Å². The van der Waals surface area contributed by atoms with E-state index in [-0.39, 0.29) is 17.9 Å². The second kappa shape index (κ2) is 7.81. The van der Waals surface area contributed by atoms with E-state index in [2.05, 4.69) is 25.3 Å². The molecule has 0 aromatic carbocycles. The Balaban J connectivity index is 1.46. The molecule has 2 aliphatic rings. The van der Waals surface area contributed by atoms with Gasteiger partial charge in [0.15, 0.2) is 17.0 Å². The summed E-state index contributed by atoms with van der Waals surface area (Å²) in [4.78, 5) is 47.9. The molecular weight excluding hydrogens is 412 g/mol. The number of nitrogens with zero attached hydrogens (tertiary/aromatic N) is 7. The third-order valence-electron chi connectivity index (χ3n) is 6.02. The fourth-order valence-electron chi connectivity index (χ4n) is 4.25. The fourth-order valence-corrected chi connectivity index (χ4v) is 4.25. The van der Waals surface area contributed by atoms with Crippen molar-refractivity contribution in [3.05, 3.63) is 24.5 Å². The molecule has 0 bridgehead atoms. The van der Waals surface area contributed by atoms with E-state index in [1.54, 1.807) is 12.4 Å². The first-order valence-electron chi connectivity index (χ1n) is 10.8. The normalized spacial score (nSPS) is 20.6. The molecule has 2 atom stereocenters. The zero-order valence-corrected chi connectivity index (χ0v) is 17.9. The van der Waals surface area contributed by atoms with Crippen molar-refractivity contribution >= 4 is 28.9 Å². The number of fused-ring (bicyclic) bond motifs is 1. The maximum absolute atomic E-state index is 12.6. The van der Waals surface area contributed by atoms with Gasteiger partial charge in [-0.25, -0.2) is 29.7 Å². The van der Waals surface area contributed by atoms with Crippen molar-refractivity contribution in [1.29, 1.82) is 0 Å². The molecule has 4 heterocycles. The number of amides is 1. The van der Waals surface area contributed by atoms with Crippen LogP contribution in [0.3, 0.4) is 0 Å². The monoisotopic (exact) mass is 436 g/mol. The number of likely N-dealkylation sites (tertiary alicyclic amines) is 1. The predicted molar refractivity (Wildman–Crippen MR) is 115 cm³/mol. The van der Waals surface area contributed by atoms with E-state index in [0.717, 1.165) is 18.4 Å². The van der Waals surface area contributed by atoms with Gasteiger partial charge in [-0.3, -0.25) is 4.79 Å². The molecule has 0 radical (unpaired) electrons. The van der Waals surface area contributed by atoms with E-state index in [1.165, 1.54) is 11.2 Å². The van der Waals surface area contributed by atoms with Crippen LogP contribution in [0, 0.1) is 12.8 Å². The fraction of sp³-hybridized carbons (Fsp3) is 0.476. The Morgan fingerprint density at radius 2 is 1.94 bits per heavy atom. The molecule has 1 saturated heterocycles. The number of imidazole rings is 1. The van der Waals surface area contributed by atoms with Gasteiger partial charge in [0, 0.05) is 43.9 Å². The van der Waals surface area contributed by atoms with Gasteiger partial charge in [0.1, 0.15) is 24.0 Å². The molecule has 1 amide bonds. The lowest BCUT2D eigenvalue weighted by atomic mass is 10.1. The molecule has 0 spiro atoms. The summed E-state index contributed by atoms with van der Waals surface area (Å²) in [5.41, 5.74) is 2.03. The van der Waals surface area contributed by atoms with Crippen LogP contribution in [0.1, 0.15) is 32.0 Å². The number of rotatable bonds is 6. The number of carboxylic acid groups (broad SMARTS) is 1. The molecule has 2 N–H and O–H groups in total. The highest BCUT2D eigenvalue weighted by Gasteiger charge is 2.44. The maximum Gasteiger partial charge on any atom is 0.326 e. The Morgan fingerprint density at radius 3 is 2.59 bits per heavy atom. The highest BCUT2D eigenvalue weighted by atomic mass is 16.4. The van der Waals surface area contributed by atoms with Crippen LogP contribution in [0.4, 0.5) is 5.82 Å². The van der Waals surface area contributed by atoms with Crippen molar-refractivity contribution in [3.63, 3.8) is 0 Å². The zero-order chi connectivity index (χ0) is 22.4. The van der Waals surface area contributed by atoms with E-state index in [9.17, 15) is 14.7 Å². The number of aryl methyl sites for hydroxylation is 2. The summed E-state index contributed by atoms with van der Waals surface area (Å²) < 4.78 is 1.97. The highest BCUT2D eigenvalue weighted by molar-refractivity contribution is 5.88. The van der Waals surface area contributed by atoms with Gasteiger partial charge >= 0.3 is 5.97 Å². The van der Waals surface area contributed by atoms with E-state index < -0.39 is 12.0 Å². The first kappa shape index (κ1) is 20.3. The van der Waals surface area contributed by atoms with Gasteiger partial charge in [-0.15, -0.1) is 0 Å². The summed E-state index contributed by atoms with van der Waals surface area (Å²) in [5.74, 6) is 0.813. The van der Waals surface area contributed by atoms with Gasteiger partial charge < -0.3 is 19.9 Å². The van der Waals surface area contributed by atoms with Crippen molar-refractivity contribution in [2.24, 2.45) is 5.92 Å². The van der Waals surface area contributed by atoms with Crippen LogP contribution >= 0.6 is 0 Å². The molecule has 1 aliphatic carbocycles. The third-order valence-corrected chi connectivity index (χ3v) is 6.02. The quantitative estimate of drug-likeness (QED) is 0.588. The summed E-state index contributed by atoms with van der Waals surface area (Å²) >= 11 is 0. The van der Waals surface area contributed by atoms with Crippen LogP contribution in [0.15, 0.2) is 18.7 Å². The molecule has 2 fully saturated rings. The number of nitrogens with one attached hydrogen (secondary N) is 1. The van der Waals surface area contributed by atoms with Gasteiger partial charge in [0.05, 0.1) is 5.56 Å². The minimum Gasteiger partial charge on any atom is -0.480 e. The Hall–Kier alpha value is -3.63. The Labute approximate surface area is 183 Å². The van der Waals surface area contributed by atoms with Crippen molar-refractivity contribution in [2.45, 2.75) is 51.7 Å². The first-order valence-corrected chi connectivity index (χ1v) is 10.8. The topological polar surface area (TPSA) is 139 Å². The zero-order valence-electron chi connectivity index (χ0n) is 17.9. The first-order chi connectivity index (χ1) is 15.5. The van der Waals surface area contributed by atoms with Gasteiger partial charge in [0.25, 0.3) is 0 Å². The lowest BCUT2D eigenvalue weighted by Crippen LogP contribution is -2.41. The number of carbonyl (C=O) groups is 2. The van der Waals surface area contributed by atoms with E-state index >= 15 is 0 Å². The molecule has 1 aliphatic heterocycles. The second-order valence-electron chi connectivity index (χ2n) is 8.29. The summed E-state index contributed by atoms with van der Waals surface area (Å²) in [5, 5.41) is 13.0. The van der Waals surface area contributed by atoms with E-state index in [4.69, 9.17) is 4.98 Å². The van der Waals surface area contributed by atoms with Crippen molar-refractivity contribution in [3.8, 4) is 11.4 Å². The molecule has 1 unspecified atom stereocenters. The van der Waals surface area contributed by atoms with Gasteiger partial charge in [-0.2, -0.15) is 0 Å². The number of anilines is 1. The van der Waals surface area contributed by atoms with Crippen LogP contribution in [-0.2, 0) is 16.1 Å². The number of aliphatic carboxylic acids is 1. The van der Waals surface area contributed by atoms with E-state index in [1.807, 2.05) is 18.4 Å². The highest BCUT2D eigenvalue weighted by Crippen LogP contribution is 2.35. The Morgan fingerprint density at radius 1 is 1.19 bits per heavy atom. The average Bonchev–Trinajstić information content (AvgIpc) is 3.43. The molecule has 32 heavy (non-hydrogen) atoms. The maximum atomic E-state index is 12.6. The molecule has 3 aromatic heterocycles. The smallest absolute Gasteiger partial charge is 0.326 e. The number of carboxylic acids is 1. The largest absolute Gasteiger partial charge is 0.480 e. The van der Waals surface area contributed by atoms with Crippen LogP contribution < -0.4 is 5.32 Å². The lowest BCUT2D eigenvalue weighted by molar-refractivity contribution is -0.148. The van der Waals surface area contributed by atoms with Gasteiger partial charge in [-0.05, 0) is 26.7 Å². The Kier molecular flexibility index (Phi) is 4.95. The number of carbonyl (C=O) groups excluding carboxylic acids is 1.